The Bertz CT molecular complexity index is 871. The Hall–Kier alpha value is -2.91. The first-order chi connectivity index (χ1) is 11.2. The highest BCUT2D eigenvalue weighted by Gasteiger charge is 2.31. The number of nitrogens with zero attached hydrogens (tertiary/aromatic N) is 1. The summed E-state index contributed by atoms with van der Waals surface area (Å²) in [5.74, 6) is -0.692. The molecule has 2 heterocycles. The van der Waals surface area contributed by atoms with Crippen LogP contribution < -0.4 is 16.4 Å². The number of aryl methyl sites for hydroxylation is 1. The zero-order valence-corrected chi connectivity index (χ0v) is 12.5. The summed E-state index contributed by atoms with van der Waals surface area (Å²) in [5, 5.41) is 2.12. The molecular weight excluding hydrogens is 329 g/mol. The van der Waals surface area contributed by atoms with Gasteiger partial charge in [-0.15, -0.1) is 0 Å². The Labute approximate surface area is 133 Å². The number of alkyl halides is 3. The first-order valence-corrected chi connectivity index (χ1v) is 6.81. The monoisotopic (exact) mass is 342 g/mol. The zero-order valence-electron chi connectivity index (χ0n) is 12.5. The molecule has 0 spiro atoms. The van der Waals surface area contributed by atoms with Crippen LogP contribution >= 0.6 is 0 Å². The molecule has 2 aromatic heterocycles. The lowest BCUT2D eigenvalue weighted by Gasteiger charge is -2.09. The molecule has 0 aromatic carbocycles. The summed E-state index contributed by atoms with van der Waals surface area (Å²) in [4.78, 5) is 43.1. The number of pyridine rings is 1. The minimum Gasteiger partial charge on any atom is -0.327 e. The molecule has 0 aliphatic heterocycles. The maximum absolute atomic E-state index is 12.6. The number of anilines is 1. The molecule has 0 bridgehead atoms. The summed E-state index contributed by atoms with van der Waals surface area (Å²) in [6.45, 7) is 1.60. The van der Waals surface area contributed by atoms with Gasteiger partial charge in [0.1, 0.15) is 5.69 Å². The van der Waals surface area contributed by atoms with Gasteiger partial charge in [-0.3, -0.25) is 14.4 Å². The molecule has 2 rings (SSSR count). The molecule has 24 heavy (non-hydrogen) atoms. The van der Waals surface area contributed by atoms with Crippen molar-refractivity contribution in [2.45, 2.75) is 25.9 Å². The van der Waals surface area contributed by atoms with Gasteiger partial charge in [-0.1, -0.05) is 0 Å². The number of halogens is 3. The number of aromatic amines is 2. The minimum atomic E-state index is -4.65. The highest BCUT2D eigenvalue weighted by molar-refractivity contribution is 5.90. The van der Waals surface area contributed by atoms with E-state index in [4.69, 9.17) is 0 Å². The second kappa shape index (κ2) is 6.69. The molecule has 7 nitrogen and oxygen atoms in total. The molecule has 0 aliphatic rings. The van der Waals surface area contributed by atoms with Gasteiger partial charge in [-0.2, -0.15) is 13.2 Å². The van der Waals surface area contributed by atoms with Crippen molar-refractivity contribution in [2.75, 3.05) is 5.32 Å². The van der Waals surface area contributed by atoms with Crippen LogP contribution in [0.4, 0.5) is 18.9 Å². The van der Waals surface area contributed by atoms with Crippen molar-refractivity contribution in [1.82, 2.24) is 15.0 Å². The second-order valence-electron chi connectivity index (χ2n) is 4.97. The number of aromatic nitrogens is 3. The normalized spacial score (nSPS) is 11.3. The van der Waals surface area contributed by atoms with Gasteiger partial charge in [0.25, 0.3) is 11.1 Å². The third kappa shape index (κ3) is 4.09. The molecule has 0 fully saturated rings. The lowest BCUT2D eigenvalue weighted by Crippen LogP contribution is -2.23. The fourth-order valence-corrected chi connectivity index (χ4v) is 2.00. The first kappa shape index (κ1) is 17.4. The zero-order chi connectivity index (χ0) is 17.9. The standard InChI is InChI=1S/C14H13F3N4O3/c1-7-9(12(23)20-6-19-7)2-3-11(22)21-10-4-8(14(15,16)17)5-18-13(10)24/h4-6H,2-3H2,1H3,(H,18,24)(H,21,22)(H,19,20,23). The van der Waals surface area contributed by atoms with Crippen molar-refractivity contribution in [3.63, 3.8) is 0 Å². The van der Waals surface area contributed by atoms with Crippen LogP contribution in [0.5, 0.6) is 0 Å². The van der Waals surface area contributed by atoms with Gasteiger partial charge in [0.2, 0.25) is 5.91 Å². The summed E-state index contributed by atoms with van der Waals surface area (Å²) >= 11 is 0. The number of hydrogen-bond acceptors (Lipinski definition) is 4. The Kier molecular flexibility index (Phi) is 4.86. The SMILES string of the molecule is Cc1nc[nH]c(=O)c1CCC(=O)Nc1cc(C(F)(F)F)c[nH]c1=O. The number of rotatable bonds is 4. The van der Waals surface area contributed by atoms with Crippen molar-refractivity contribution < 1.29 is 18.0 Å². The van der Waals surface area contributed by atoms with Crippen molar-refractivity contribution in [3.8, 4) is 0 Å². The quantitative estimate of drug-likeness (QED) is 0.779. The second-order valence-corrected chi connectivity index (χ2v) is 4.97. The molecule has 128 valence electrons. The molecule has 0 atom stereocenters. The topological polar surface area (TPSA) is 108 Å². The number of amides is 1. The highest BCUT2D eigenvalue weighted by atomic mass is 19.4. The van der Waals surface area contributed by atoms with Crippen LogP contribution in [-0.2, 0) is 17.4 Å². The van der Waals surface area contributed by atoms with Gasteiger partial charge >= 0.3 is 6.18 Å². The van der Waals surface area contributed by atoms with Gasteiger partial charge < -0.3 is 15.3 Å². The van der Waals surface area contributed by atoms with Crippen LogP contribution in [0.3, 0.4) is 0 Å². The van der Waals surface area contributed by atoms with E-state index in [1.54, 1.807) is 6.92 Å². The number of H-pyrrole nitrogens is 2. The van der Waals surface area contributed by atoms with Gasteiger partial charge in [0.05, 0.1) is 11.9 Å². The van der Waals surface area contributed by atoms with E-state index in [0.717, 1.165) is 0 Å². The average molecular weight is 342 g/mol. The summed E-state index contributed by atoms with van der Waals surface area (Å²) in [7, 11) is 0. The maximum Gasteiger partial charge on any atom is 0.417 e. The predicted octanol–water partition coefficient (Wildman–Crippen LogP) is 1.36. The Morgan fingerprint density at radius 1 is 1.25 bits per heavy atom. The fraction of sp³-hybridized carbons (Fsp3) is 0.286. The fourth-order valence-electron chi connectivity index (χ4n) is 2.00. The molecule has 0 unspecified atom stereocenters. The lowest BCUT2D eigenvalue weighted by molar-refractivity contribution is -0.137. The molecule has 0 aliphatic carbocycles. The number of carbonyl (C=O) groups is 1. The van der Waals surface area contributed by atoms with E-state index < -0.39 is 34.5 Å². The first-order valence-electron chi connectivity index (χ1n) is 6.81. The van der Waals surface area contributed by atoms with Crippen LogP contribution in [0, 0.1) is 6.92 Å². The Morgan fingerprint density at radius 2 is 1.96 bits per heavy atom. The Balaban J connectivity index is 2.10. The molecule has 0 saturated carbocycles. The average Bonchev–Trinajstić information content (AvgIpc) is 2.48. The smallest absolute Gasteiger partial charge is 0.327 e. The van der Waals surface area contributed by atoms with Gasteiger partial charge in [0, 0.05) is 23.9 Å². The van der Waals surface area contributed by atoms with E-state index in [0.29, 0.717) is 23.5 Å². The van der Waals surface area contributed by atoms with Crippen molar-refractivity contribution >= 4 is 11.6 Å². The summed E-state index contributed by atoms with van der Waals surface area (Å²) < 4.78 is 37.8. The van der Waals surface area contributed by atoms with Crippen molar-refractivity contribution in [2.24, 2.45) is 0 Å². The lowest BCUT2D eigenvalue weighted by atomic mass is 10.1. The van der Waals surface area contributed by atoms with E-state index in [-0.39, 0.29) is 12.8 Å². The summed E-state index contributed by atoms with van der Waals surface area (Å²) in [5.41, 5.74) is -2.10. The summed E-state index contributed by atoms with van der Waals surface area (Å²) in [6, 6.07) is 0.554. The Morgan fingerprint density at radius 3 is 2.58 bits per heavy atom. The number of nitrogens with one attached hydrogen (secondary N) is 3. The maximum atomic E-state index is 12.6. The highest BCUT2D eigenvalue weighted by Crippen LogP contribution is 2.29. The van der Waals surface area contributed by atoms with Crippen molar-refractivity contribution in [1.29, 1.82) is 0 Å². The molecule has 10 heteroatoms. The minimum absolute atomic E-state index is 0.0394. The van der Waals surface area contributed by atoms with E-state index in [1.165, 1.54) is 6.33 Å². The molecule has 1 amide bonds. The van der Waals surface area contributed by atoms with Gasteiger partial charge in [-0.05, 0) is 19.4 Å². The van der Waals surface area contributed by atoms with Crippen molar-refractivity contribution in [3.05, 3.63) is 56.1 Å². The number of carbonyl (C=O) groups excluding carboxylic acids is 1. The largest absolute Gasteiger partial charge is 0.417 e. The van der Waals surface area contributed by atoms with E-state index in [9.17, 15) is 27.6 Å². The third-order valence-corrected chi connectivity index (χ3v) is 3.27. The molecule has 3 N–H and O–H groups in total. The molecule has 0 radical (unpaired) electrons. The van der Waals surface area contributed by atoms with E-state index in [1.807, 2.05) is 4.98 Å². The van der Waals surface area contributed by atoms with E-state index >= 15 is 0 Å². The third-order valence-electron chi connectivity index (χ3n) is 3.27. The predicted molar refractivity (Wildman–Crippen MR) is 78.6 cm³/mol. The molecule has 0 saturated heterocycles. The van der Waals surface area contributed by atoms with Crippen LogP contribution in [0.25, 0.3) is 0 Å². The van der Waals surface area contributed by atoms with Crippen LogP contribution in [0.2, 0.25) is 0 Å². The van der Waals surface area contributed by atoms with Gasteiger partial charge in [0.15, 0.2) is 0 Å². The number of hydrogen-bond donors (Lipinski definition) is 3. The molecule has 2 aromatic rings. The molecular formula is C14H13F3N4O3. The van der Waals surface area contributed by atoms with Crippen LogP contribution in [0.15, 0.2) is 28.2 Å². The van der Waals surface area contributed by atoms with Gasteiger partial charge in [-0.25, -0.2) is 4.98 Å². The summed E-state index contributed by atoms with van der Waals surface area (Å²) in [6.07, 6.45) is -3.05. The van der Waals surface area contributed by atoms with Crippen LogP contribution in [0.1, 0.15) is 23.2 Å². The van der Waals surface area contributed by atoms with Crippen LogP contribution in [-0.4, -0.2) is 20.9 Å². The van der Waals surface area contributed by atoms with E-state index in [2.05, 4.69) is 15.3 Å².